The molecule has 8 nitrogen and oxygen atoms in total. The fourth-order valence-corrected chi connectivity index (χ4v) is 3.58. The fourth-order valence-electron chi connectivity index (χ4n) is 3.11. The van der Waals surface area contributed by atoms with E-state index in [-0.39, 0.29) is 24.6 Å². The molecule has 2 aromatic carbocycles. The van der Waals surface area contributed by atoms with Gasteiger partial charge >= 0.3 is 0 Å². The van der Waals surface area contributed by atoms with Gasteiger partial charge < -0.3 is 26.8 Å². The van der Waals surface area contributed by atoms with E-state index in [1.165, 1.54) is 12.1 Å². The molecule has 3 amide bonds. The zero-order chi connectivity index (χ0) is 24.1. The van der Waals surface area contributed by atoms with Gasteiger partial charge in [-0.15, -0.1) is 0 Å². The zero-order valence-corrected chi connectivity index (χ0v) is 19.6. The maximum absolute atomic E-state index is 12.6. The zero-order valence-electron chi connectivity index (χ0n) is 18.8. The molecule has 0 saturated carbocycles. The molecule has 0 radical (unpaired) electrons. The van der Waals surface area contributed by atoms with Crippen LogP contribution in [0.25, 0.3) is 0 Å². The quantitative estimate of drug-likeness (QED) is 0.295. The van der Waals surface area contributed by atoms with Gasteiger partial charge in [-0.25, -0.2) is 0 Å². The van der Waals surface area contributed by atoms with Crippen LogP contribution in [0.3, 0.4) is 0 Å². The Balaban J connectivity index is 1.80. The summed E-state index contributed by atoms with van der Waals surface area (Å²) in [5, 5.41) is 17.4. The van der Waals surface area contributed by atoms with Crippen LogP contribution in [0.4, 0.5) is 0 Å². The van der Waals surface area contributed by atoms with Crippen molar-refractivity contribution in [2.24, 2.45) is 5.73 Å². The topological polar surface area (TPSA) is 134 Å². The number of thioether (sulfide) groups is 1. The Morgan fingerprint density at radius 2 is 1.67 bits per heavy atom. The highest BCUT2D eigenvalue weighted by atomic mass is 32.2. The fraction of sp³-hybridized carbons (Fsp3) is 0.375. The van der Waals surface area contributed by atoms with Gasteiger partial charge in [-0.2, -0.15) is 11.8 Å². The molecule has 2 aromatic rings. The molecule has 0 aliphatic carbocycles. The van der Waals surface area contributed by atoms with Crippen LogP contribution in [0.5, 0.6) is 5.75 Å². The van der Waals surface area contributed by atoms with Crippen molar-refractivity contribution < 1.29 is 19.5 Å². The maximum atomic E-state index is 12.6. The van der Waals surface area contributed by atoms with Crippen LogP contribution in [0.1, 0.15) is 17.5 Å². The highest BCUT2D eigenvalue weighted by molar-refractivity contribution is 7.98. The monoisotopic (exact) mass is 472 g/mol. The second-order valence-corrected chi connectivity index (χ2v) is 8.61. The van der Waals surface area contributed by atoms with E-state index in [0.29, 0.717) is 25.1 Å². The van der Waals surface area contributed by atoms with Crippen molar-refractivity contribution in [3.8, 4) is 5.75 Å². The molecule has 0 heterocycles. The standard InChI is InChI=1S/C24H32N4O4S/c1-33-14-12-21(28-23(31)20(25)15-18-7-9-19(29)10-8-18)24(32)27-16-22(30)26-13-11-17-5-3-2-4-6-17/h2-10,20-21,29H,11-16,25H2,1H3,(H,26,30)(H,27,32)(H,28,31)/t20-,21-/m0/s1. The van der Waals surface area contributed by atoms with Crippen molar-refractivity contribution in [2.45, 2.75) is 31.3 Å². The molecular formula is C24H32N4O4S. The molecule has 9 heteroatoms. The molecule has 0 unspecified atom stereocenters. The van der Waals surface area contributed by atoms with Crippen LogP contribution in [0.15, 0.2) is 54.6 Å². The number of carbonyl (C=O) groups is 3. The summed E-state index contributed by atoms with van der Waals surface area (Å²) in [5.41, 5.74) is 7.93. The molecule has 0 spiro atoms. The van der Waals surface area contributed by atoms with Gasteiger partial charge in [-0.1, -0.05) is 42.5 Å². The van der Waals surface area contributed by atoms with E-state index in [0.717, 1.165) is 11.1 Å². The highest BCUT2D eigenvalue weighted by Gasteiger charge is 2.24. The smallest absolute Gasteiger partial charge is 0.243 e. The summed E-state index contributed by atoms with van der Waals surface area (Å²) in [6.45, 7) is 0.302. The predicted octanol–water partition coefficient (Wildman–Crippen LogP) is 0.975. The number of hydrogen-bond acceptors (Lipinski definition) is 6. The molecular weight excluding hydrogens is 440 g/mol. The van der Waals surface area contributed by atoms with Crippen molar-refractivity contribution in [3.05, 3.63) is 65.7 Å². The molecule has 0 bridgehead atoms. The second kappa shape index (κ2) is 14.2. The number of nitrogens with two attached hydrogens (primary N) is 1. The Labute approximate surface area is 198 Å². The summed E-state index contributed by atoms with van der Waals surface area (Å²) in [6.07, 6.45) is 3.30. The SMILES string of the molecule is CSCC[C@H](NC(=O)[C@@H](N)Cc1ccc(O)cc1)C(=O)NCC(=O)NCCc1ccccc1. The van der Waals surface area contributed by atoms with E-state index < -0.39 is 23.9 Å². The summed E-state index contributed by atoms with van der Waals surface area (Å²) in [6, 6.07) is 14.6. The van der Waals surface area contributed by atoms with E-state index in [9.17, 15) is 19.5 Å². The second-order valence-electron chi connectivity index (χ2n) is 7.62. The molecule has 178 valence electrons. The van der Waals surface area contributed by atoms with E-state index in [4.69, 9.17) is 5.73 Å². The van der Waals surface area contributed by atoms with Crippen molar-refractivity contribution in [1.29, 1.82) is 0 Å². The number of carbonyl (C=O) groups excluding carboxylic acids is 3. The largest absolute Gasteiger partial charge is 0.508 e. The van der Waals surface area contributed by atoms with E-state index in [2.05, 4.69) is 16.0 Å². The lowest BCUT2D eigenvalue weighted by atomic mass is 10.1. The molecule has 0 aliphatic rings. The average molecular weight is 473 g/mol. The number of phenolic OH excluding ortho intramolecular Hbond substituents is 1. The Morgan fingerprint density at radius 1 is 0.970 bits per heavy atom. The number of nitrogens with one attached hydrogen (secondary N) is 3. The van der Waals surface area contributed by atoms with Gasteiger partial charge in [0.05, 0.1) is 12.6 Å². The first kappa shape index (κ1) is 26.2. The maximum Gasteiger partial charge on any atom is 0.243 e. The Kier molecular flexibility index (Phi) is 11.3. The molecule has 6 N–H and O–H groups in total. The van der Waals surface area contributed by atoms with Crippen LogP contribution in [0, 0.1) is 0 Å². The first-order chi connectivity index (χ1) is 15.9. The molecule has 2 rings (SSSR count). The van der Waals surface area contributed by atoms with E-state index in [1.807, 2.05) is 36.6 Å². The molecule has 0 saturated heterocycles. The minimum Gasteiger partial charge on any atom is -0.508 e. The minimum absolute atomic E-state index is 0.134. The summed E-state index contributed by atoms with van der Waals surface area (Å²) >= 11 is 1.55. The van der Waals surface area contributed by atoms with Crippen molar-refractivity contribution in [1.82, 2.24) is 16.0 Å². The van der Waals surface area contributed by atoms with Gasteiger partial charge in [0.1, 0.15) is 11.8 Å². The highest BCUT2D eigenvalue weighted by Crippen LogP contribution is 2.11. The summed E-state index contributed by atoms with van der Waals surface area (Å²) in [5.74, 6) is -0.369. The van der Waals surface area contributed by atoms with Gasteiger partial charge in [-0.05, 0) is 54.5 Å². The van der Waals surface area contributed by atoms with E-state index >= 15 is 0 Å². The van der Waals surface area contributed by atoms with Crippen LogP contribution in [-0.4, -0.2) is 60.0 Å². The summed E-state index contributed by atoms with van der Waals surface area (Å²) < 4.78 is 0. The predicted molar refractivity (Wildman–Crippen MR) is 131 cm³/mol. The number of aromatic hydroxyl groups is 1. The lowest BCUT2D eigenvalue weighted by Crippen LogP contribution is -2.53. The molecule has 0 aliphatic heterocycles. The van der Waals surface area contributed by atoms with Crippen LogP contribution >= 0.6 is 11.8 Å². The number of rotatable bonds is 13. The summed E-state index contributed by atoms with van der Waals surface area (Å²) in [4.78, 5) is 37.3. The average Bonchev–Trinajstić information content (AvgIpc) is 2.82. The third kappa shape index (κ3) is 9.97. The number of phenols is 1. The third-order valence-corrected chi connectivity index (χ3v) is 5.62. The van der Waals surface area contributed by atoms with E-state index in [1.54, 1.807) is 23.9 Å². The molecule has 2 atom stereocenters. The molecule has 0 fully saturated rings. The Hall–Kier alpha value is -3.04. The number of amides is 3. The lowest BCUT2D eigenvalue weighted by molar-refractivity contribution is -0.130. The van der Waals surface area contributed by atoms with Gasteiger partial charge in [0.2, 0.25) is 17.7 Å². The van der Waals surface area contributed by atoms with Crippen molar-refractivity contribution >= 4 is 29.5 Å². The first-order valence-electron chi connectivity index (χ1n) is 10.8. The normalized spacial score (nSPS) is 12.4. The summed E-state index contributed by atoms with van der Waals surface area (Å²) in [7, 11) is 0. The van der Waals surface area contributed by atoms with Gasteiger partial charge in [0, 0.05) is 6.54 Å². The van der Waals surface area contributed by atoms with Crippen molar-refractivity contribution in [2.75, 3.05) is 25.1 Å². The third-order valence-electron chi connectivity index (χ3n) is 4.97. The molecule has 33 heavy (non-hydrogen) atoms. The van der Waals surface area contributed by atoms with Gasteiger partial charge in [0.25, 0.3) is 0 Å². The van der Waals surface area contributed by atoms with Gasteiger partial charge in [0.15, 0.2) is 0 Å². The lowest BCUT2D eigenvalue weighted by Gasteiger charge is -2.20. The molecule has 0 aromatic heterocycles. The van der Waals surface area contributed by atoms with Gasteiger partial charge in [-0.3, -0.25) is 14.4 Å². The van der Waals surface area contributed by atoms with Crippen molar-refractivity contribution in [3.63, 3.8) is 0 Å². The van der Waals surface area contributed by atoms with Crippen LogP contribution in [-0.2, 0) is 27.2 Å². The number of benzene rings is 2. The number of hydrogen-bond donors (Lipinski definition) is 5. The first-order valence-corrected chi connectivity index (χ1v) is 12.2. The Bertz CT molecular complexity index is 893. The van der Waals surface area contributed by atoms with Crippen LogP contribution in [0.2, 0.25) is 0 Å². The Morgan fingerprint density at radius 3 is 2.33 bits per heavy atom. The minimum atomic E-state index is -0.847. The van der Waals surface area contributed by atoms with Crippen LogP contribution < -0.4 is 21.7 Å².